The van der Waals surface area contributed by atoms with E-state index in [1.54, 1.807) is 41.3 Å². The first-order valence-electron chi connectivity index (χ1n) is 7.49. The summed E-state index contributed by atoms with van der Waals surface area (Å²) < 4.78 is 0. The zero-order valence-electron chi connectivity index (χ0n) is 13.8. The number of amides is 1. The van der Waals surface area contributed by atoms with E-state index in [9.17, 15) is 14.9 Å². The highest BCUT2D eigenvalue weighted by atomic mass is 35.5. The summed E-state index contributed by atoms with van der Waals surface area (Å²) in [5.74, 6) is -0.113. The quantitative estimate of drug-likeness (QED) is 0.596. The number of benzene rings is 2. The van der Waals surface area contributed by atoms with Crippen LogP contribution < -0.4 is 0 Å². The lowest BCUT2D eigenvalue weighted by Gasteiger charge is -2.36. The van der Waals surface area contributed by atoms with Crippen LogP contribution in [0.4, 0.5) is 5.69 Å². The van der Waals surface area contributed by atoms with Gasteiger partial charge in [0.15, 0.2) is 0 Å². The number of hydrogen-bond donors (Lipinski definition) is 0. The van der Waals surface area contributed by atoms with Crippen molar-refractivity contribution in [3.63, 3.8) is 0 Å². The van der Waals surface area contributed by atoms with Gasteiger partial charge in [0, 0.05) is 34.8 Å². The van der Waals surface area contributed by atoms with Crippen LogP contribution in [0.2, 0.25) is 5.02 Å². The fourth-order valence-corrected chi connectivity index (χ4v) is 2.39. The maximum Gasteiger partial charge on any atom is 0.269 e. The second-order valence-corrected chi connectivity index (χ2v) is 6.93. The Morgan fingerprint density at radius 1 is 1.08 bits per heavy atom. The van der Waals surface area contributed by atoms with Crippen molar-refractivity contribution in [2.75, 3.05) is 0 Å². The van der Waals surface area contributed by atoms with Crippen molar-refractivity contribution in [2.24, 2.45) is 0 Å². The van der Waals surface area contributed by atoms with Gasteiger partial charge < -0.3 is 4.90 Å². The van der Waals surface area contributed by atoms with Gasteiger partial charge >= 0.3 is 0 Å². The number of rotatable bonds is 4. The summed E-state index contributed by atoms with van der Waals surface area (Å²) in [6, 6.07) is 13.0. The smallest absolute Gasteiger partial charge is 0.269 e. The molecule has 0 bridgehead atoms. The summed E-state index contributed by atoms with van der Waals surface area (Å²) >= 11 is 5.88. The monoisotopic (exact) mass is 346 g/mol. The number of nitro groups is 1. The molecule has 0 fully saturated rings. The molecule has 0 aliphatic heterocycles. The van der Waals surface area contributed by atoms with Gasteiger partial charge in [-0.1, -0.05) is 23.7 Å². The second kappa shape index (κ2) is 7.01. The van der Waals surface area contributed by atoms with Gasteiger partial charge in [-0.25, -0.2) is 0 Å². The number of non-ortho nitro benzene ring substituents is 1. The number of carbonyl (C=O) groups excluding carboxylic acids is 1. The molecule has 0 heterocycles. The van der Waals surface area contributed by atoms with E-state index in [0.717, 1.165) is 5.56 Å². The number of carbonyl (C=O) groups is 1. The standard InChI is InChI=1S/C18H19ClN2O3/c1-18(2,3)20(17(22)14-6-8-15(19)9-7-14)12-13-4-10-16(11-5-13)21(23)24/h4-11H,12H2,1-3H3. The number of halogens is 1. The van der Waals surface area contributed by atoms with Crippen molar-refractivity contribution < 1.29 is 9.72 Å². The number of nitrogens with zero attached hydrogens (tertiary/aromatic N) is 2. The lowest BCUT2D eigenvalue weighted by molar-refractivity contribution is -0.384. The van der Waals surface area contributed by atoms with Crippen LogP contribution in [0.3, 0.4) is 0 Å². The Bertz CT molecular complexity index is 734. The lowest BCUT2D eigenvalue weighted by Crippen LogP contribution is -2.45. The van der Waals surface area contributed by atoms with Gasteiger partial charge in [-0.2, -0.15) is 0 Å². The molecule has 0 saturated carbocycles. The molecule has 0 atom stereocenters. The SMILES string of the molecule is CC(C)(C)N(Cc1ccc([N+](=O)[O-])cc1)C(=O)c1ccc(Cl)cc1. The van der Waals surface area contributed by atoms with Crippen LogP contribution in [0.5, 0.6) is 0 Å². The van der Waals surface area contributed by atoms with Crippen molar-refractivity contribution in [1.29, 1.82) is 0 Å². The highest BCUT2D eigenvalue weighted by Crippen LogP contribution is 2.22. The van der Waals surface area contributed by atoms with Gasteiger partial charge in [0.1, 0.15) is 0 Å². The van der Waals surface area contributed by atoms with Gasteiger partial charge in [-0.05, 0) is 50.6 Å². The predicted octanol–water partition coefficient (Wildman–Crippen LogP) is 4.69. The zero-order chi connectivity index (χ0) is 17.9. The van der Waals surface area contributed by atoms with Gasteiger partial charge in [-0.3, -0.25) is 14.9 Å². The van der Waals surface area contributed by atoms with Gasteiger partial charge in [0.25, 0.3) is 11.6 Å². The first kappa shape index (κ1) is 17.9. The van der Waals surface area contributed by atoms with E-state index in [4.69, 9.17) is 11.6 Å². The first-order valence-corrected chi connectivity index (χ1v) is 7.87. The second-order valence-electron chi connectivity index (χ2n) is 6.49. The summed E-state index contributed by atoms with van der Waals surface area (Å²) in [6.07, 6.45) is 0. The maximum atomic E-state index is 12.9. The Balaban J connectivity index is 2.27. The molecule has 0 unspecified atom stereocenters. The highest BCUT2D eigenvalue weighted by Gasteiger charge is 2.27. The van der Waals surface area contributed by atoms with Crippen LogP contribution in [-0.4, -0.2) is 21.3 Å². The molecule has 0 saturated heterocycles. The molecule has 0 aliphatic rings. The number of nitro benzene ring substituents is 1. The average Bonchev–Trinajstić information content (AvgIpc) is 2.52. The molecule has 5 nitrogen and oxygen atoms in total. The largest absolute Gasteiger partial charge is 0.329 e. The van der Waals surface area contributed by atoms with Crippen molar-refractivity contribution in [3.05, 3.63) is 74.8 Å². The summed E-state index contributed by atoms with van der Waals surface area (Å²) in [7, 11) is 0. The van der Waals surface area contributed by atoms with Crippen molar-refractivity contribution in [2.45, 2.75) is 32.9 Å². The topological polar surface area (TPSA) is 63.4 Å². The molecule has 0 spiro atoms. The molecule has 24 heavy (non-hydrogen) atoms. The third-order valence-electron chi connectivity index (χ3n) is 3.63. The molecule has 0 radical (unpaired) electrons. The van der Waals surface area contributed by atoms with E-state index in [-0.39, 0.29) is 11.6 Å². The Kier molecular flexibility index (Phi) is 5.24. The molecule has 1 amide bonds. The van der Waals surface area contributed by atoms with E-state index < -0.39 is 10.5 Å². The minimum atomic E-state index is -0.440. The third kappa shape index (κ3) is 4.32. The van der Waals surface area contributed by atoms with E-state index in [1.807, 2.05) is 20.8 Å². The number of hydrogen-bond acceptors (Lipinski definition) is 3. The Morgan fingerprint density at radius 2 is 1.62 bits per heavy atom. The van der Waals surface area contributed by atoms with Crippen LogP contribution >= 0.6 is 11.6 Å². The van der Waals surface area contributed by atoms with Gasteiger partial charge in [0.2, 0.25) is 0 Å². The fourth-order valence-electron chi connectivity index (χ4n) is 2.27. The Morgan fingerprint density at radius 3 is 2.08 bits per heavy atom. The Labute approximate surface area is 146 Å². The molecule has 6 heteroatoms. The van der Waals surface area contributed by atoms with Crippen molar-refractivity contribution in [3.8, 4) is 0 Å². The Hall–Kier alpha value is -2.40. The van der Waals surface area contributed by atoms with Crippen molar-refractivity contribution >= 4 is 23.2 Å². The zero-order valence-corrected chi connectivity index (χ0v) is 14.6. The molecule has 0 aliphatic carbocycles. The van der Waals surface area contributed by atoms with E-state index >= 15 is 0 Å². The minimum absolute atomic E-state index is 0.0325. The maximum absolute atomic E-state index is 12.9. The summed E-state index contributed by atoms with van der Waals surface area (Å²) in [6.45, 7) is 6.22. The first-order chi connectivity index (χ1) is 11.2. The summed E-state index contributed by atoms with van der Waals surface area (Å²) in [5.41, 5.74) is 1.01. The highest BCUT2D eigenvalue weighted by molar-refractivity contribution is 6.30. The van der Waals surface area contributed by atoms with Crippen LogP contribution in [0.1, 0.15) is 36.7 Å². The molecule has 126 valence electrons. The van der Waals surface area contributed by atoms with E-state index in [0.29, 0.717) is 17.1 Å². The summed E-state index contributed by atoms with van der Waals surface area (Å²) in [5, 5.41) is 11.3. The average molecular weight is 347 g/mol. The lowest BCUT2D eigenvalue weighted by atomic mass is 10.0. The molecular formula is C18H19ClN2O3. The van der Waals surface area contributed by atoms with E-state index in [2.05, 4.69) is 0 Å². The molecular weight excluding hydrogens is 328 g/mol. The van der Waals surface area contributed by atoms with Crippen LogP contribution in [-0.2, 0) is 6.54 Å². The van der Waals surface area contributed by atoms with Crippen LogP contribution in [0.25, 0.3) is 0 Å². The predicted molar refractivity (Wildman–Crippen MR) is 94.2 cm³/mol. The van der Waals surface area contributed by atoms with Gasteiger partial charge in [0.05, 0.1) is 4.92 Å². The van der Waals surface area contributed by atoms with Crippen LogP contribution in [0.15, 0.2) is 48.5 Å². The molecule has 0 aromatic heterocycles. The van der Waals surface area contributed by atoms with E-state index in [1.165, 1.54) is 12.1 Å². The van der Waals surface area contributed by atoms with Crippen LogP contribution in [0, 0.1) is 10.1 Å². The molecule has 2 rings (SSSR count). The fraction of sp³-hybridized carbons (Fsp3) is 0.278. The molecule has 2 aromatic rings. The van der Waals surface area contributed by atoms with Crippen molar-refractivity contribution in [1.82, 2.24) is 4.90 Å². The normalized spacial score (nSPS) is 11.2. The van der Waals surface area contributed by atoms with Gasteiger partial charge in [-0.15, -0.1) is 0 Å². The molecule has 2 aromatic carbocycles. The minimum Gasteiger partial charge on any atom is -0.329 e. The third-order valence-corrected chi connectivity index (χ3v) is 3.89. The molecule has 0 N–H and O–H groups in total. The summed E-state index contributed by atoms with van der Waals surface area (Å²) in [4.78, 5) is 24.9.